The van der Waals surface area contributed by atoms with Crippen molar-refractivity contribution >= 4 is 10.9 Å². The van der Waals surface area contributed by atoms with Gasteiger partial charge in [0, 0.05) is 42.9 Å². The molecule has 0 amide bonds. The molecule has 0 saturated carbocycles. The van der Waals surface area contributed by atoms with Crippen LogP contribution in [0.1, 0.15) is 42.5 Å². The van der Waals surface area contributed by atoms with Gasteiger partial charge in [-0.15, -0.1) is 10.2 Å². The Morgan fingerprint density at radius 2 is 2.00 bits per heavy atom. The van der Waals surface area contributed by atoms with Crippen LogP contribution in [0.3, 0.4) is 0 Å². The van der Waals surface area contributed by atoms with Crippen molar-refractivity contribution in [1.82, 2.24) is 20.1 Å². The number of hydrogen-bond acceptors (Lipinski definition) is 5. The molecule has 2 saturated heterocycles. The Morgan fingerprint density at radius 1 is 1.12 bits per heavy atom. The maximum Gasteiger partial charge on any atom is 0.221 e. The van der Waals surface area contributed by atoms with Crippen LogP contribution in [-0.2, 0) is 11.2 Å². The number of aromatic nitrogens is 3. The van der Waals surface area contributed by atoms with Crippen molar-refractivity contribution in [3.63, 3.8) is 0 Å². The SMILES string of the molecule is c1ccc2c(Cc3nnc(C4CCN(C5CCOCC5)C4)o3)c[nH]c2c1. The lowest BCUT2D eigenvalue weighted by molar-refractivity contribution is 0.0417. The summed E-state index contributed by atoms with van der Waals surface area (Å²) in [6.45, 7) is 3.93. The van der Waals surface area contributed by atoms with Crippen LogP contribution < -0.4 is 0 Å². The molecule has 2 aliphatic rings. The second-order valence-electron chi connectivity index (χ2n) is 7.39. The standard InChI is InChI=1S/C20H24N4O2/c1-2-4-18-17(3-1)15(12-21-18)11-19-22-23-20(26-19)14-5-8-24(13-14)16-6-9-25-10-7-16/h1-4,12,14,16,21H,5-11,13H2. The van der Waals surface area contributed by atoms with Crippen molar-refractivity contribution in [2.75, 3.05) is 26.3 Å². The maximum absolute atomic E-state index is 6.04. The number of aromatic amines is 1. The first kappa shape index (κ1) is 16.0. The quantitative estimate of drug-likeness (QED) is 0.781. The average molecular weight is 352 g/mol. The lowest BCUT2D eigenvalue weighted by Crippen LogP contribution is -2.37. The van der Waals surface area contributed by atoms with Crippen LogP contribution in [0, 0.1) is 0 Å². The topological polar surface area (TPSA) is 67.2 Å². The first-order valence-electron chi connectivity index (χ1n) is 9.56. The fraction of sp³-hybridized carbons (Fsp3) is 0.500. The summed E-state index contributed by atoms with van der Waals surface area (Å²) in [6.07, 6.45) is 6.10. The van der Waals surface area contributed by atoms with E-state index in [9.17, 15) is 0 Å². The highest BCUT2D eigenvalue weighted by molar-refractivity contribution is 5.83. The fourth-order valence-electron chi connectivity index (χ4n) is 4.31. The van der Waals surface area contributed by atoms with Gasteiger partial charge in [0.25, 0.3) is 0 Å². The first-order chi connectivity index (χ1) is 12.9. The van der Waals surface area contributed by atoms with E-state index in [0.29, 0.717) is 24.3 Å². The number of fused-ring (bicyclic) bond motifs is 1. The lowest BCUT2D eigenvalue weighted by Gasteiger charge is -2.30. The molecular formula is C20H24N4O2. The highest BCUT2D eigenvalue weighted by atomic mass is 16.5. The van der Waals surface area contributed by atoms with Gasteiger partial charge >= 0.3 is 0 Å². The number of H-pyrrole nitrogens is 1. The van der Waals surface area contributed by atoms with E-state index in [2.05, 4.69) is 38.3 Å². The van der Waals surface area contributed by atoms with Crippen LogP contribution in [0.4, 0.5) is 0 Å². The van der Waals surface area contributed by atoms with Gasteiger partial charge in [0.1, 0.15) is 0 Å². The third kappa shape index (κ3) is 3.04. The summed E-state index contributed by atoms with van der Waals surface area (Å²) in [5, 5.41) is 9.89. The maximum atomic E-state index is 6.04. The smallest absolute Gasteiger partial charge is 0.221 e. The van der Waals surface area contributed by atoms with Crippen molar-refractivity contribution in [3.8, 4) is 0 Å². The monoisotopic (exact) mass is 352 g/mol. The molecule has 6 nitrogen and oxygen atoms in total. The zero-order valence-electron chi connectivity index (χ0n) is 14.9. The molecule has 6 heteroatoms. The van der Waals surface area contributed by atoms with Crippen LogP contribution in [0.2, 0.25) is 0 Å². The molecule has 1 unspecified atom stereocenters. The van der Waals surface area contributed by atoms with Crippen LogP contribution in [0.5, 0.6) is 0 Å². The molecule has 26 heavy (non-hydrogen) atoms. The molecule has 5 rings (SSSR count). The number of ether oxygens (including phenoxy) is 1. The van der Waals surface area contributed by atoms with Gasteiger partial charge in [-0.3, -0.25) is 4.90 Å². The summed E-state index contributed by atoms with van der Waals surface area (Å²) in [6, 6.07) is 8.96. The summed E-state index contributed by atoms with van der Waals surface area (Å²) in [5.41, 5.74) is 2.34. The zero-order chi connectivity index (χ0) is 17.3. The number of hydrogen-bond donors (Lipinski definition) is 1. The molecule has 2 aliphatic heterocycles. The Morgan fingerprint density at radius 3 is 2.92 bits per heavy atom. The Labute approximate surface area is 152 Å². The Balaban J connectivity index is 1.27. The van der Waals surface area contributed by atoms with Crippen LogP contribution in [0.15, 0.2) is 34.9 Å². The molecule has 3 aromatic rings. The van der Waals surface area contributed by atoms with Gasteiger partial charge < -0.3 is 14.1 Å². The molecule has 1 atom stereocenters. The normalized spacial score (nSPS) is 22.4. The predicted octanol–water partition coefficient (Wildman–Crippen LogP) is 3.11. The molecule has 0 aliphatic carbocycles. The highest BCUT2D eigenvalue weighted by Crippen LogP contribution is 2.30. The molecule has 1 aromatic carbocycles. The number of likely N-dealkylation sites (tertiary alicyclic amines) is 1. The molecule has 0 spiro atoms. The second kappa shape index (κ2) is 6.85. The average Bonchev–Trinajstić information content (AvgIpc) is 3.43. The van der Waals surface area contributed by atoms with Gasteiger partial charge in [-0.25, -0.2) is 0 Å². The van der Waals surface area contributed by atoms with Crippen molar-refractivity contribution in [2.45, 2.75) is 37.6 Å². The van der Waals surface area contributed by atoms with E-state index in [1.165, 1.54) is 10.9 Å². The molecular weight excluding hydrogens is 328 g/mol. The third-order valence-corrected chi connectivity index (χ3v) is 5.78. The van der Waals surface area contributed by atoms with Crippen LogP contribution in [-0.4, -0.2) is 52.4 Å². The van der Waals surface area contributed by atoms with Gasteiger partial charge in [0.05, 0.1) is 12.3 Å². The number of nitrogens with one attached hydrogen (secondary N) is 1. The fourth-order valence-corrected chi connectivity index (χ4v) is 4.31. The summed E-state index contributed by atoms with van der Waals surface area (Å²) >= 11 is 0. The second-order valence-corrected chi connectivity index (χ2v) is 7.39. The molecule has 2 aromatic heterocycles. The van der Waals surface area contributed by atoms with E-state index < -0.39 is 0 Å². The number of benzene rings is 1. The molecule has 2 fully saturated rings. The largest absolute Gasteiger partial charge is 0.425 e. The summed E-state index contributed by atoms with van der Waals surface area (Å²) in [4.78, 5) is 5.89. The van der Waals surface area contributed by atoms with Gasteiger partial charge in [0.15, 0.2) is 0 Å². The van der Waals surface area contributed by atoms with Crippen molar-refractivity contribution in [3.05, 3.63) is 47.8 Å². The molecule has 0 bridgehead atoms. The van der Waals surface area contributed by atoms with E-state index >= 15 is 0 Å². The summed E-state index contributed by atoms with van der Waals surface area (Å²) < 4.78 is 11.5. The Bertz CT molecular complexity index is 881. The number of nitrogens with zero attached hydrogens (tertiary/aromatic N) is 3. The van der Waals surface area contributed by atoms with E-state index in [1.54, 1.807) is 0 Å². The molecule has 0 radical (unpaired) electrons. The minimum Gasteiger partial charge on any atom is -0.425 e. The first-order valence-corrected chi connectivity index (χ1v) is 9.56. The predicted molar refractivity (Wildman–Crippen MR) is 98.2 cm³/mol. The lowest BCUT2D eigenvalue weighted by atomic mass is 10.1. The third-order valence-electron chi connectivity index (χ3n) is 5.78. The minimum atomic E-state index is 0.363. The number of rotatable bonds is 4. The van der Waals surface area contributed by atoms with Crippen LogP contribution in [0.25, 0.3) is 10.9 Å². The highest BCUT2D eigenvalue weighted by Gasteiger charge is 2.32. The van der Waals surface area contributed by atoms with Crippen molar-refractivity contribution < 1.29 is 9.15 Å². The summed E-state index contributed by atoms with van der Waals surface area (Å²) in [7, 11) is 0. The Kier molecular flexibility index (Phi) is 4.22. The van der Waals surface area contributed by atoms with Crippen LogP contribution >= 0.6 is 0 Å². The zero-order valence-corrected chi connectivity index (χ0v) is 14.9. The summed E-state index contributed by atoms with van der Waals surface area (Å²) in [5.74, 6) is 1.87. The van der Waals surface area contributed by atoms with Gasteiger partial charge in [-0.05, 0) is 37.4 Å². The van der Waals surface area contributed by atoms with Crippen molar-refractivity contribution in [1.29, 1.82) is 0 Å². The van der Waals surface area contributed by atoms with E-state index in [4.69, 9.17) is 9.15 Å². The van der Waals surface area contributed by atoms with Crippen molar-refractivity contribution in [2.24, 2.45) is 0 Å². The number of para-hydroxylation sites is 1. The Hall–Kier alpha value is -2.18. The molecule has 1 N–H and O–H groups in total. The van der Waals surface area contributed by atoms with E-state index in [0.717, 1.165) is 57.0 Å². The van der Waals surface area contributed by atoms with Gasteiger partial charge in [-0.1, -0.05) is 18.2 Å². The van der Waals surface area contributed by atoms with E-state index in [1.807, 2.05) is 12.3 Å². The van der Waals surface area contributed by atoms with E-state index in [-0.39, 0.29) is 0 Å². The molecule has 136 valence electrons. The van der Waals surface area contributed by atoms with Gasteiger partial charge in [-0.2, -0.15) is 0 Å². The minimum absolute atomic E-state index is 0.363. The van der Waals surface area contributed by atoms with Gasteiger partial charge in [0.2, 0.25) is 11.8 Å². The molecule has 4 heterocycles.